The second kappa shape index (κ2) is 8.71. The number of carbonyl (C=O) groups excluding carboxylic acids is 2. The fourth-order valence-electron chi connectivity index (χ4n) is 3.55. The molecule has 0 aromatic carbocycles. The zero-order valence-corrected chi connectivity index (χ0v) is 19.2. The van der Waals surface area contributed by atoms with Crippen molar-refractivity contribution in [3.63, 3.8) is 0 Å². The topological polar surface area (TPSA) is 156 Å². The number of nitrogens with one attached hydrogen (secondary N) is 2. The van der Waals surface area contributed by atoms with Gasteiger partial charge in [0.25, 0.3) is 16.0 Å². The quantitative estimate of drug-likeness (QED) is 0.500. The first kappa shape index (κ1) is 24.0. The highest BCUT2D eigenvalue weighted by atomic mass is 32.2. The number of alkyl carbamates (subject to hydrolysis) is 1. The normalized spacial score (nSPS) is 23.2. The molecule has 1 aromatic heterocycles. The van der Waals surface area contributed by atoms with Crippen LogP contribution in [0.15, 0.2) is 12.1 Å². The lowest BCUT2D eigenvalue weighted by molar-refractivity contribution is -0.118. The van der Waals surface area contributed by atoms with Gasteiger partial charge in [0, 0.05) is 13.0 Å². The SMILES string of the molecule is CC(C)(C)OC(=O)NC1(CCOS(C)(=O)=O)CC(O)N(c2ccc3c(n2)NC(=O)CO3)C1. The number of hydrogen-bond acceptors (Lipinski definition) is 10. The van der Waals surface area contributed by atoms with Crippen molar-refractivity contribution >= 4 is 33.8 Å². The van der Waals surface area contributed by atoms with Gasteiger partial charge in [0.2, 0.25) is 0 Å². The van der Waals surface area contributed by atoms with Gasteiger partial charge in [0.15, 0.2) is 18.2 Å². The third kappa shape index (κ3) is 6.20. The molecule has 1 fully saturated rings. The lowest BCUT2D eigenvalue weighted by atomic mass is 9.94. The van der Waals surface area contributed by atoms with E-state index in [9.17, 15) is 23.1 Å². The number of hydrogen-bond donors (Lipinski definition) is 3. The first-order valence-corrected chi connectivity index (χ1v) is 11.8. The van der Waals surface area contributed by atoms with E-state index in [0.717, 1.165) is 6.26 Å². The van der Waals surface area contributed by atoms with Gasteiger partial charge in [-0.25, -0.2) is 9.78 Å². The van der Waals surface area contributed by atoms with Crippen LogP contribution in [0.4, 0.5) is 16.4 Å². The third-order valence-electron chi connectivity index (χ3n) is 4.80. The van der Waals surface area contributed by atoms with E-state index in [1.54, 1.807) is 37.8 Å². The molecule has 1 saturated heterocycles. The van der Waals surface area contributed by atoms with Crippen molar-refractivity contribution in [1.29, 1.82) is 0 Å². The van der Waals surface area contributed by atoms with Gasteiger partial charge in [0.05, 0.1) is 18.4 Å². The second-order valence-electron chi connectivity index (χ2n) is 8.85. The van der Waals surface area contributed by atoms with Crippen molar-refractivity contribution < 1.29 is 36.8 Å². The van der Waals surface area contributed by atoms with Crippen LogP contribution in [-0.2, 0) is 23.8 Å². The first-order valence-electron chi connectivity index (χ1n) is 9.99. The molecule has 0 bridgehead atoms. The number of pyridine rings is 1. The van der Waals surface area contributed by atoms with E-state index in [1.165, 1.54) is 0 Å². The largest absolute Gasteiger partial charge is 0.480 e. The molecule has 0 radical (unpaired) electrons. The molecule has 13 heteroatoms. The number of rotatable bonds is 6. The summed E-state index contributed by atoms with van der Waals surface area (Å²) in [5.74, 6) is 0.632. The summed E-state index contributed by atoms with van der Waals surface area (Å²) in [7, 11) is -3.68. The molecule has 32 heavy (non-hydrogen) atoms. The maximum atomic E-state index is 12.5. The Bertz CT molecular complexity index is 994. The Balaban J connectivity index is 1.82. The number of anilines is 2. The summed E-state index contributed by atoms with van der Waals surface area (Å²) >= 11 is 0. The number of amides is 2. The van der Waals surface area contributed by atoms with Crippen LogP contribution in [0.25, 0.3) is 0 Å². The molecule has 0 aliphatic carbocycles. The van der Waals surface area contributed by atoms with E-state index < -0.39 is 33.6 Å². The van der Waals surface area contributed by atoms with Crippen LogP contribution in [0.3, 0.4) is 0 Å². The predicted octanol–water partition coefficient (Wildman–Crippen LogP) is 0.571. The molecule has 2 amide bonds. The van der Waals surface area contributed by atoms with Crippen molar-refractivity contribution in [2.45, 2.75) is 51.0 Å². The van der Waals surface area contributed by atoms with Crippen molar-refractivity contribution in [2.75, 3.05) is 36.2 Å². The lowest BCUT2D eigenvalue weighted by Crippen LogP contribution is -2.52. The maximum Gasteiger partial charge on any atom is 0.408 e. The Hall–Kier alpha value is -2.64. The first-order chi connectivity index (χ1) is 14.8. The molecule has 178 valence electrons. The number of fused-ring (bicyclic) bond motifs is 1. The molecule has 3 N–H and O–H groups in total. The summed E-state index contributed by atoms with van der Waals surface area (Å²) in [6, 6.07) is 3.24. The van der Waals surface area contributed by atoms with E-state index in [-0.39, 0.29) is 44.3 Å². The van der Waals surface area contributed by atoms with E-state index in [1.807, 2.05) is 0 Å². The summed E-state index contributed by atoms with van der Waals surface area (Å²) in [6.45, 7) is 4.95. The fraction of sp³-hybridized carbons (Fsp3) is 0.632. The standard InChI is InChI=1S/C19H28N4O8S/c1-18(2,3)31-17(26)22-19(7-8-30-32(4,27)28)9-15(25)23(11-19)13-6-5-12-16(20-13)21-14(24)10-29-12/h5-6,15,25H,7-11H2,1-4H3,(H,22,26)(H,20,21,24). The molecular formula is C19H28N4O8S. The summed E-state index contributed by atoms with van der Waals surface area (Å²) in [5.41, 5.74) is -1.80. The molecule has 2 aliphatic rings. The summed E-state index contributed by atoms with van der Waals surface area (Å²) in [4.78, 5) is 30.0. The smallest absolute Gasteiger partial charge is 0.408 e. The molecule has 2 unspecified atom stereocenters. The zero-order chi connectivity index (χ0) is 23.7. The van der Waals surface area contributed by atoms with Gasteiger partial charge < -0.3 is 30.1 Å². The number of carbonyl (C=O) groups is 2. The van der Waals surface area contributed by atoms with Crippen LogP contribution in [0.1, 0.15) is 33.6 Å². The molecule has 3 rings (SSSR count). The van der Waals surface area contributed by atoms with Crippen molar-refractivity contribution in [3.05, 3.63) is 12.1 Å². The molecule has 2 aliphatic heterocycles. The van der Waals surface area contributed by atoms with E-state index in [2.05, 4.69) is 15.6 Å². The number of aliphatic hydroxyl groups is 1. The maximum absolute atomic E-state index is 12.5. The van der Waals surface area contributed by atoms with E-state index >= 15 is 0 Å². The number of nitrogens with zero attached hydrogens (tertiary/aromatic N) is 2. The minimum Gasteiger partial charge on any atom is -0.480 e. The molecule has 0 saturated carbocycles. The summed E-state index contributed by atoms with van der Waals surface area (Å²) < 4.78 is 38.3. The third-order valence-corrected chi connectivity index (χ3v) is 5.40. The molecular weight excluding hydrogens is 444 g/mol. The lowest BCUT2D eigenvalue weighted by Gasteiger charge is -2.31. The zero-order valence-electron chi connectivity index (χ0n) is 18.4. The highest BCUT2D eigenvalue weighted by molar-refractivity contribution is 7.85. The highest BCUT2D eigenvalue weighted by Gasteiger charge is 2.46. The van der Waals surface area contributed by atoms with Crippen LogP contribution < -0.4 is 20.3 Å². The van der Waals surface area contributed by atoms with Gasteiger partial charge in [-0.15, -0.1) is 0 Å². The van der Waals surface area contributed by atoms with Crippen molar-refractivity contribution in [3.8, 4) is 5.75 Å². The van der Waals surface area contributed by atoms with Gasteiger partial charge >= 0.3 is 6.09 Å². The van der Waals surface area contributed by atoms with Gasteiger partial charge in [-0.05, 0) is 39.3 Å². The van der Waals surface area contributed by atoms with Gasteiger partial charge in [-0.3, -0.25) is 8.98 Å². The Labute approximate surface area is 186 Å². The number of aliphatic hydroxyl groups excluding tert-OH is 1. The fourth-order valence-corrected chi connectivity index (χ4v) is 3.93. The molecule has 3 heterocycles. The average molecular weight is 473 g/mol. The molecule has 0 spiro atoms. The molecule has 2 atom stereocenters. The summed E-state index contributed by atoms with van der Waals surface area (Å²) in [6.07, 6.45) is -0.651. The van der Waals surface area contributed by atoms with Crippen LogP contribution in [0, 0.1) is 0 Å². The van der Waals surface area contributed by atoms with Crippen molar-refractivity contribution in [1.82, 2.24) is 10.3 Å². The number of ether oxygens (including phenoxy) is 2. The molecule has 1 aromatic rings. The van der Waals surface area contributed by atoms with Crippen LogP contribution in [0.5, 0.6) is 5.75 Å². The number of aromatic nitrogens is 1. The van der Waals surface area contributed by atoms with Crippen LogP contribution in [-0.4, -0.2) is 73.9 Å². The minimum atomic E-state index is -3.68. The van der Waals surface area contributed by atoms with E-state index in [0.29, 0.717) is 11.6 Å². The minimum absolute atomic E-state index is 0.0704. The van der Waals surface area contributed by atoms with Gasteiger partial charge in [0.1, 0.15) is 17.6 Å². The molecule has 12 nitrogen and oxygen atoms in total. The van der Waals surface area contributed by atoms with Crippen LogP contribution >= 0.6 is 0 Å². The van der Waals surface area contributed by atoms with Crippen molar-refractivity contribution in [2.24, 2.45) is 0 Å². The highest BCUT2D eigenvalue weighted by Crippen LogP contribution is 2.35. The Morgan fingerprint density at radius 2 is 2.16 bits per heavy atom. The Morgan fingerprint density at radius 3 is 2.81 bits per heavy atom. The second-order valence-corrected chi connectivity index (χ2v) is 10.5. The Morgan fingerprint density at radius 1 is 1.44 bits per heavy atom. The van der Waals surface area contributed by atoms with Crippen LogP contribution in [0.2, 0.25) is 0 Å². The predicted molar refractivity (Wildman–Crippen MR) is 114 cm³/mol. The summed E-state index contributed by atoms with van der Waals surface area (Å²) in [5, 5.41) is 16.1. The van der Waals surface area contributed by atoms with E-state index in [4.69, 9.17) is 13.7 Å². The average Bonchev–Trinajstić information content (AvgIpc) is 2.94. The Kier molecular flexibility index (Phi) is 6.54. The van der Waals surface area contributed by atoms with Gasteiger partial charge in [-0.2, -0.15) is 8.42 Å². The monoisotopic (exact) mass is 472 g/mol. The van der Waals surface area contributed by atoms with Gasteiger partial charge in [-0.1, -0.05) is 0 Å².